The van der Waals surface area contributed by atoms with Gasteiger partial charge in [-0.05, 0) is 34.8 Å². The number of amides is 1. The Morgan fingerprint density at radius 2 is 1.58 bits per heavy atom. The summed E-state index contributed by atoms with van der Waals surface area (Å²) < 4.78 is 12.0. The molecule has 0 spiro atoms. The molecular weight excluding hydrogens is 414 g/mol. The lowest BCUT2D eigenvalue weighted by Crippen LogP contribution is -2.33. The van der Waals surface area contributed by atoms with Crippen LogP contribution in [-0.2, 0) is 33.9 Å². The highest BCUT2D eigenvalue weighted by molar-refractivity contribution is 5.91. The molecule has 3 aromatic carbocycles. The Morgan fingerprint density at radius 1 is 0.909 bits per heavy atom. The standard InChI is InChI=1S/C28H29NO4/c30-19-22-11-13-23(14-12-22)20-32-27-18-25(24-9-5-2-6-10-24)17-26(33-27)28(31)29-16-15-21-7-3-1-4-8-21/h1-14,17,25,27,30H,15-16,18-20H2,(H,29,31)/t25-,27+/m1/s1. The van der Waals surface area contributed by atoms with Gasteiger partial charge in [-0.15, -0.1) is 0 Å². The molecule has 0 radical (unpaired) electrons. The van der Waals surface area contributed by atoms with Crippen LogP contribution in [0.1, 0.15) is 34.6 Å². The maximum atomic E-state index is 12.9. The number of aliphatic hydroxyl groups excluding tert-OH is 1. The minimum Gasteiger partial charge on any atom is -0.459 e. The highest BCUT2D eigenvalue weighted by Gasteiger charge is 2.28. The molecule has 33 heavy (non-hydrogen) atoms. The lowest BCUT2D eigenvalue weighted by molar-refractivity contribution is -0.150. The predicted octanol–water partition coefficient (Wildman–Crippen LogP) is 4.47. The molecule has 0 aromatic heterocycles. The van der Waals surface area contributed by atoms with Crippen molar-refractivity contribution in [3.63, 3.8) is 0 Å². The summed E-state index contributed by atoms with van der Waals surface area (Å²) in [4.78, 5) is 12.9. The predicted molar refractivity (Wildman–Crippen MR) is 127 cm³/mol. The molecular formula is C28H29NO4. The van der Waals surface area contributed by atoms with Crippen LogP contribution < -0.4 is 5.32 Å². The van der Waals surface area contributed by atoms with Gasteiger partial charge in [0, 0.05) is 18.9 Å². The van der Waals surface area contributed by atoms with E-state index in [1.54, 1.807) is 0 Å². The third-order valence-electron chi connectivity index (χ3n) is 5.69. The van der Waals surface area contributed by atoms with E-state index >= 15 is 0 Å². The van der Waals surface area contributed by atoms with E-state index in [0.717, 1.165) is 23.1 Å². The molecule has 1 amide bonds. The average molecular weight is 444 g/mol. The summed E-state index contributed by atoms with van der Waals surface area (Å²) >= 11 is 0. The van der Waals surface area contributed by atoms with Gasteiger partial charge in [-0.1, -0.05) is 84.9 Å². The Hall–Kier alpha value is -3.41. The molecule has 0 saturated heterocycles. The molecule has 1 heterocycles. The largest absolute Gasteiger partial charge is 0.459 e. The second-order valence-corrected chi connectivity index (χ2v) is 8.11. The van der Waals surface area contributed by atoms with E-state index in [2.05, 4.69) is 17.4 Å². The number of ether oxygens (including phenoxy) is 2. The highest BCUT2D eigenvalue weighted by atomic mass is 16.7. The fourth-order valence-electron chi connectivity index (χ4n) is 3.83. The van der Waals surface area contributed by atoms with E-state index in [9.17, 15) is 9.90 Å². The van der Waals surface area contributed by atoms with E-state index in [1.807, 2.05) is 78.9 Å². The van der Waals surface area contributed by atoms with Crippen LogP contribution in [-0.4, -0.2) is 23.8 Å². The number of hydrogen-bond donors (Lipinski definition) is 2. The molecule has 0 bridgehead atoms. The van der Waals surface area contributed by atoms with Gasteiger partial charge in [-0.2, -0.15) is 0 Å². The van der Waals surface area contributed by atoms with E-state index < -0.39 is 6.29 Å². The topological polar surface area (TPSA) is 67.8 Å². The number of rotatable bonds is 9. The first-order valence-corrected chi connectivity index (χ1v) is 11.3. The van der Waals surface area contributed by atoms with Crippen LogP contribution in [0.2, 0.25) is 0 Å². The van der Waals surface area contributed by atoms with Gasteiger partial charge in [0.25, 0.3) is 5.91 Å². The van der Waals surface area contributed by atoms with Crippen LogP contribution in [0, 0.1) is 0 Å². The lowest BCUT2D eigenvalue weighted by Gasteiger charge is -2.29. The molecule has 0 saturated carbocycles. The zero-order valence-electron chi connectivity index (χ0n) is 18.5. The van der Waals surface area contributed by atoms with E-state index in [4.69, 9.17) is 9.47 Å². The normalized spacial score (nSPS) is 17.7. The summed E-state index contributed by atoms with van der Waals surface area (Å²) in [7, 11) is 0. The van der Waals surface area contributed by atoms with Crippen LogP contribution in [0.15, 0.2) is 96.8 Å². The van der Waals surface area contributed by atoms with Gasteiger partial charge in [0.05, 0.1) is 13.2 Å². The van der Waals surface area contributed by atoms with Crippen molar-refractivity contribution in [1.29, 1.82) is 0 Å². The van der Waals surface area contributed by atoms with Gasteiger partial charge in [0.15, 0.2) is 5.76 Å². The van der Waals surface area contributed by atoms with Gasteiger partial charge in [-0.25, -0.2) is 0 Å². The Labute approximate surface area is 194 Å². The molecule has 0 aliphatic carbocycles. The molecule has 170 valence electrons. The number of hydrogen-bond acceptors (Lipinski definition) is 4. The fourth-order valence-corrected chi connectivity index (χ4v) is 3.83. The number of carbonyl (C=O) groups excluding carboxylic acids is 1. The Morgan fingerprint density at radius 3 is 2.27 bits per heavy atom. The Balaban J connectivity index is 1.41. The zero-order chi connectivity index (χ0) is 22.9. The number of aliphatic hydroxyl groups is 1. The van der Waals surface area contributed by atoms with Crippen LogP contribution in [0.25, 0.3) is 0 Å². The summed E-state index contributed by atoms with van der Waals surface area (Å²) in [6.07, 6.45) is 2.74. The summed E-state index contributed by atoms with van der Waals surface area (Å²) in [5.74, 6) is 0.0906. The van der Waals surface area contributed by atoms with Gasteiger partial charge >= 0.3 is 0 Å². The fraction of sp³-hybridized carbons (Fsp3) is 0.250. The third-order valence-corrected chi connectivity index (χ3v) is 5.69. The average Bonchev–Trinajstić information content (AvgIpc) is 2.88. The second kappa shape index (κ2) is 11.5. The van der Waals surface area contributed by atoms with Crippen molar-refractivity contribution < 1.29 is 19.4 Å². The SMILES string of the molecule is O=C(NCCc1ccccc1)C1=C[C@@H](c2ccccc2)C[C@@H](OCc2ccc(CO)cc2)O1. The third kappa shape index (κ3) is 6.54. The van der Waals surface area contributed by atoms with Gasteiger partial charge < -0.3 is 19.9 Å². The van der Waals surface area contributed by atoms with Crippen molar-refractivity contribution in [2.45, 2.75) is 38.3 Å². The first-order valence-electron chi connectivity index (χ1n) is 11.3. The Bertz CT molecular complexity index is 1050. The number of carbonyl (C=O) groups is 1. The zero-order valence-corrected chi connectivity index (χ0v) is 18.5. The second-order valence-electron chi connectivity index (χ2n) is 8.11. The quantitative estimate of drug-likeness (QED) is 0.512. The molecule has 4 rings (SSSR count). The smallest absolute Gasteiger partial charge is 0.286 e. The maximum Gasteiger partial charge on any atom is 0.286 e. The molecule has 2 N–H and O–H groups in total. The number of nitrogens with one attached hydrogen (secondary N) is 1. The van der Waals surface area contributed by atoms with Crippen molar-refractivity contribution in [1.82, 2.24) is 5.32 Å². The first-order chi connectivity index (χ1) is 16.2. The van der Waals surface area contributed by atoms with E-state index in [-0.39, 0.29) is 18.4 Å². The van der Waals surface area contributed by atoms with Crippen molar-refractivity contribution in [3.8, 4) is 0 Å². The number of benzene rings is 3. The maximum absolute atomic E-state index is 12.9. The molecule has 3 aromatic rings. The van der Waals surface area contributed by atoms with Crippen LogP contribution in [0.5, 0.6) is 0 Å². The monoisotopic (exact) mass is 443 g/mol. The highest BCUT2D eigenvalue weighted by Crippen LogP contribution is 2.31. The van der Waals surface area contributed by atoms with Crippen molar-refractivity contribution >= 4 is 5.91 Å². The molecule has 1 aliphatic rings. The van der Waals surface area contributed by atoms with Gasteiger partial charge in [0.1, 0.15) is 0 Å². The summed E-state index contributed by atoms with van der Waals surface area (Å²) in [6.45, 7) is 0.905. The van der Waals surface area contributed by atoms with Crippen molar-refractivity contribution in [2.75, 3.05) is 6.54 Å². The van der Waals surface area contributed by atoms with Crippen LogP contribution >= 0.6 is 0 Å². The minimum absolute atomic E-state index is 0.0131. The summed E-state index contributed by atoms with van der Waals surface area (Å²) in [5, 5.41) is 12.2. The van der Waals surface area contributed by atoms with E-state index in [0.29, 0.717) is 25.3 Å². The number of allylic oxidation sites excluding steroid dienone is 1. The van der Waals surface area contributed by atoms with E-state index in [1.165, 1.54) is 5.56 Å². The van der Waals surface area contributed by atoms with Gasteiger partial charge in [-0.3, -0.25) is 4.79 Å². The van der Waals surface area contributed by atoms with Crippen molar-refractivity contribution in [3.05, 3.63) is 119 Å². The minimum atomic E-state index is -0.535. The molecule has 0 fully saturated rings. The molecule has 1 aliphatic heterocycles. The molecule has 0 unspecified atom stereocenters. The van der Waals surface area contributed by atoms with Crippen LogP contribution in [0.4, 0.5) is 0 Å². The van der Waals surface area contributed by atoms with Gasteiger partial charge in [0.2, 0.25) is 6.29 Å². The lowest BCUT2D eigenvalue weighted by atomic mass is 9.93. The molecule has 2 atom stereocenters. The molecule has 5 nitrogen and oxygen atoms in total. The van der Waals surface area contributed by atoms with Crippen molar-refractivity contribution in [2.24, 2.45) is 0 Å². The summed E-state index contributed by atoms with van der Waals surface area (Å²) in [6, 6.07) is 27.8. The molecule has 5 heteroatoms. The Kier molecular flexibility index (Phi) is 7.90. The first kappa shape index (κ1) is 22.8. The van der Waals surface area contributed by atoms with Crippen LogP contribution in [0.3, 0.4) is 0 Å². The summed E-state index contributed by atoms with van der Waals surface area (Å²) in [5.41, 5.74) is 4.13.